The second-order valence-corrected chi connectivity index (χ2v) is 6.24. The van der Waals surface area contributed by atoms with E-state index in [1.165, 1.54) is 5.56 Å². The van der Waals surface area contributed by atoms with Crippen molar-refractivity contribution in [3.63, 3.8) is 0 Å². The van der Waals surface area contributed by atoms with Gasteiger partial charge in [-0.2, -0.15) is 10.5 Å². The van der Waals surface area contributed by atoms with E-state index < -0.39 is 0 Å². The van der Waals surface area contributed by atoms with E-state index in [4.69, 9.17) is 10.5 Å². The molecule has 0 aromatic heterocycles. The van der Waals surface area contributed by atoms with Gasteiger partial charge in [0.2, 0.25) is 0 Å². The topological polar surface area (TPSA) is 55.3 Å². The molecule has 0 bridgehead atoms. The van der Waals surface area contributed by atoms with E-state index in [0.29, 0.717) is 0 Å². The van der Waals surface area contributed by atoms with Crippen LogP contribution in [0.15, 0.2) is 60.2 Å². The number of hydrogen-bond donors (Lipinski definition) is 1. The van der Waals surface area contributed by atoms with Crippen LogP contribution in [0.25, 0.3) is 6.08 Å². The molecule has 1 heterocycles. The van der Waals surface area contributed by atoms with Crippen LogP contribution in [0.5, 0.6) is 0 Å². The molecule has 0 saturated carbocycles. The predicted octanol–water partition coefficient (Wildman–Crippen LogP) is 2.02. The molecule has 1 N–H and O–H groups in total. The summed E-state index contributed by atoms with van der Waals surface area (Å²) >= 11 is 0. The first kappa shape index (κ1) is 16.8. The molecule has 2 aromatic rings. The Morgan fingerprint density at radius 1 is 0.960 bits per heavy atom. The van der Waals surface area contributed by atoms with E-state index in [1.807, 2.05) is 30.3 Å². The quantitative estimate of drug-likeness (QED) is 0.873. The molecule has 3 rings (SSSR count). The third-order valence-electron chi connectivity index (χ3n) is 4.59. The molecule has 4 nitrogen and oxygen atoms in total. The lowest BCUT2D eigenvalue weighted by molar-refractivity contribution is -0.914. The third-order valence-corrected chi connectivity index (χ3v) is 4.59. The first-order valence-corrected chi connectivity index (χ1v) is 8.53. The smallest absolute Gasteiger partial charge is 0.130 e. The van der Waals surface area contributed by atoms with Crippen molar-refractivity contribution >= 4 is 11.8 Å². The zero-order valence-corrected chi connectivity index (χ0v) is 14.2. The highest BCUT2D eigenvalue weighted by atomic mass is 15.3. The lowest BCUT2D eigenvalue weighted by Gasteiger charge is -2.34. The monoisotopic (exact) mass is 329 g/mol. The average molecular weight is 329 g/mol. The van der Waals surface area contributed by atoms with Crippen molar-refractivity contribution in [1.82, 2.24) is 0 Å². The fraction of sp³-hybridized carbons (Fsp3) is 0.238. The molecule has 0 aliphatic carbocycles. The molecule has 2 aromatic carbocycles. The molecular weight excluding hydrogens is 308 g/mol. The maximum absolute atomic E-state index is 9.01. The number of benzene rings is 2. The van der Waals surface area contributed by atoms with Crippen molar-refractivity contribution in [2.24, 2.45) is 0 Å². The minimum Gasteiger partial charge on any atom is -0.360 e. The van der Waals surface area contributed by atoms with Gasteiger partial charge < -0.3 is 9.80 Å². The molecule has 0 spiro atoms. The Balaban J connectivity index is 1.69. The number of rotatable bonds is 4. The van der Waals surface area contributed by atoms with Crippen LogP contribution < -0.4 is 9.80 Å². The Hall–Kier alpha value is -3.08. The maximum Gasteiger partial charge on any atom is 0.130 e. The van der Waals surface area contributed by atoms with Gasteiger partial charge in [-0.3, -0.25) is 0 Å². The van der Waals surface area contributed by atoms with Crippen LogP contribution >= 0.6 is 0 Å². The molecule has 1 aliphatic heterocycles. The molecule has 0 radical (unpaired) electrons. The van der Waals surface area contributed by atoms with E-state index in [2.05, 4.69) is 41.3 Å². The van der Waals surface area contributed by atoms with Crippen LogP contribution in [0, 0.1) is 22.7 Å². The molecule has 25 heavy (non-hydrogen) atoms. The minimum atomic E-state index is 0.140. The number of quaternary nitrogens is 1. The van der Waals surface area contributed by atoms with Crippen molar-refractivity contribution in [2.45, 2.75) is 6.54 Å². The number of piperazine rings is 1. The second-order valence-electron chi connectivity index (χ2n) is 6.24. The van der Waals surface area contributed by atoms with Gasteiger partial charge >= 0.3 is 0 Å². The Bertz CT molecular complexity index is 803. The first-order chi connectivity index (χ1) is 12.3. The van der Waals surface area contributed by atoms with Gasteiger partial charge in [-0.25, -0.2) is 0 Å². The largest absolute Gasteiger partial charge is 0.360 e. The summed E-state index contributed by atoms with van der Waals surface area (Å²) in [6.45, 7) is 5.17. The predicted molar refractivity (Wildman–Crippen MR) is 98.7 cm³/mol. The average Bonchev–Trinajstić information content (AvgIpc) is 2.68. The van der Waals surface area contributed by atoms with Crippen molar-refractivity contribution < 1.29 is 4.90 Å². The highest BCUT2D eigenvalue weighted by Gasteiger charge is 2.21. The van der Waals surface area contributed by atoms with Gasteiger partial charge in [0, 0.05) is 11.3 Å². The van der Waals surface area contributed by atoms with E-state index >= 15 is 0 Å². The lowest BCUT2D eigenvalue weighted by Crippen LogP contribution is -3.13. The summed E-state index contributed by atoms with van der Waals surface area (Å²) in [7, 11) is 0. The minimum absolute atomic E-state index is 0.140. The van der Waals surface area contributed by atoms with E-state index in [9.17, 15) is 0 Å². The number of nitriles is 2. The summed E-state index contributed by atoms with van der Waals surface area (Å²) in [6.07, 6.45) is 1.68. The van der Waals surface area contributed by atoms with Gasteiger partial charge in [0.1, 0.15) is 24.3 Å². The van der Waals surface area contributed by atoms with E-state index in [-0.39, 0.29) is 5.57 Å². The summed E-state index contributed by atoms with van der Waals surface area (Å²) in [6, 6.07) is 22.5. The van der Waals surface area contributed by atoms with Gasteiger partial charge in [-0.15, -0.1) is 0 Å². The molecule has 1 aliphatic rings. The Morgan fingerprint density at radius 3 is 2.28 bits per heavy atom. The van der Waals surface area contributed by atoms with Crippen molar-refractivity contribution in [3.8, 4) is 12.1 Å². The molecule has 0 atom stereocenters. The zero-order valence-electron chi connectivity index (χ0n) is 14.2. The lowest BCUT2D eigenvalue weighted by atomic mass is 10.1. The summed E-state index contributed by atoms with van der Waals surface area (Å²) in [5.74, 6) is 0. The number of nitrogens with one attached hydrogen (secondary N) is 1. The van der Waals surface area contributed by atoms with Crippen LogP contribution in [0.4, 0.5) is 5.69 Å². The maximum atomic E-state index is 9.01. The Labute approximate surface area is 148 Å². The molecule has 0 amide bonds. The first-order valence-electron chi connectivity index (χ1n) is 8.53. The SMILES string of the molecule is N#CC(C#N)=Cc1ccccc1N1CC[NH+](Cc2ccccc2)CC1. The fourth-order valence-corrected chi connectivity index (χ4v) is 3.27. The van der Waals surface area contributed by atoms with Gasteiger partial charge in [0.25, 0.3) is 0 Å². The van der Waals surface area contributed by atoms with Crippen LogP contribution in [-0.2, 0) is 6.54 Å². The molecule has 1 fully saturated rings. The van der Waals surface area contributed by atoms with Crippen molar-refractivity contribution in [3.05, 3.63) is 71.3 Å². The van der Waals surface area contributed by atoms with Crippen LogP contribution in [0.2, 0.25) is 0 Å². The fourth-order valence-electron chi connectivity index (χ4n) is 3.27. The molecule has 4 heteroatoms. The Morgan fingerprint density at radius 2 is 1.60 bits per heavy atom. The van der Waals surface area contributed by atoms with E-state index in [0.717, 1.165) is 44.0 Å². The summed E-state index contributed by atoms with van der Waals surface area (Å²) in [4.78, 5) is 3.94. The summed E-state index contributed by atoms with van der Waals surface area (Å²) in [5.41, 5.74) is 3.55. The number of anilines is 1. The Kier molecular flexibility index (Phi) is 5.46. The molecule has 1 saturated heterocycles. The van der Waals surface area contributed by atoms with Gasteiger partial charge in [-0.05, 0) is 17.7 Å². The summed E-state index contributed by atoms with van der Waals surface area (Å²) < 4.78 is 0. The van der Waals surface area contributed by atoms with Crippen molar-refractivity contribution in [1.29, 1.82) is 10.5 Å². The molecular formula is C21H21N4+. The highest BCUT2D eigenvalue weighted by molar-refractivity contribution is 5.72. The number of nitrogens with zero attached hydrogens (tertiary/aromatic N) is 3. The summed E-state index contributed by atoms with van der Waals surface area (Å²) in [5, 5.41) is 18.0. The number of hydrogen-bond acceptors (Lipinski definition) is 3. The highest BCUT2D eigenvalue weighted by Crippen LogP contribution is 2.22. The normalized spacial score (nSPS) is 14.4. The van der Waals surface area contributed by atoms with Gasteiger partial charge in [-0.1, -0.05) is 48.5 Å². The molecule has 0 unspecified atom stereocenters. The van der Waals surface area contributed by atoms with E-state index in [1.54, 1.807) is 11.0 Å². The van der Waals surface area contributed by atoms with Crippen LogP contribution in [0.3, 0.4) is 0 Å². The van der Waals surface area contributed by atoms with Crippen LogP contribution in [-0.4, -0.2) is 26.2 Å². The zero-order chi connectivity index (χ0) is 17.5. The number of para-hydroxylation sites is 1. The number of allylic oxidation sites excluding steroid dienone is 1. The molecule has 124 valence electrons. The third kappa shape index (κ3) is 4.26. The van der Waals surface area contributed by atoms with Gasteiger partial charge in [0.05, 0.1) is 26.2 Å². The van der Waals surface area contributed by atoms with Crippen LogP contribution in [0.1, 0.15) is 11.1 Å². The second kappa shape index (κ2) is 8.15. The van der Waals surface area contributed by atoms with Crippen molar-refractivity contribution in [2.75, 3.05) is 31.1 Å². The van der Waals surface area contributed by atoms with Gasteiger partial charge in [0.15, 0.2) is 0 Å². The standard InChI is InChI=1S/C21H20N4/c22-15-19(16-23)14-20-8-4-5-9-21(20)25-12-10-24(11-13-25)17-18-6-2-1-3-7-18/h1-9,14H,10-13,17H2/p+1.